The Bertz CT molecular complexity index is 325. The molecule has 1 rings (SSSR count). The van der Waals surface area contributed by atoms with Crippen molar-refractivity contribution in [1.29, 1.82) is 0 Å². The number of carbonyl (C=O) groups is 1. The molecular formula is C9H9ClO2S. The Hall–Kier alpha value is -0.670. The van der Waals surface area contributed by atoms with E-state index in [2.05, 4.69) is 0 Å². The van der Waals surface area contributed by atoms with E-state index in [-0.39, 0.29) is 0 Å². The first kappa shape index (κ1) is 10.4. The van der Waals surface area contributed by atoms with Crippen LogP contribution in [0.4, 0.5) is 0 Å². The number of benzene rings is 1. The van der Waals surface area contributed by atoms with Crippen LogP contribution in [0, 0.1) is 0 Å². The Kier molecular flexibility index (Phi) is 3.63. The van der Waals surface area contributed by atoms with Crippen molar-refractivity contribution in [3.05, 3.63) is 23.8 Å². The van der Waals surface area contributed by atoms with E-state index in [1.54, 1.807) is 31.0 Å². The minimum absolute atomic E-state index is 0.455. The highest BCUT2D eigenvalue weighted by Crippen LogP contribution is 2.28. The van der Waals surface area contributed by atoms with Gasteiger partial charge in [0.05, 0.1) is 7.11 Å². The van der Waals surface area contributed by atoms with Crippen molar-refractivity contribution in [3.8, 4) is 5.75 Å². The fraction of sp³-hybridized carbons (Fsp3) is 0.222. The molecule has 0 unspecified atom stereocenters. The molecule has 0 aliphatic rings. The quantitative estimate of drug-likeness (QED) is 0.574. The molecule has 1 aromatic carbocycles. The molecule has 2 nitrogen and oxygen atoms in total. The maximum absolute atomic E-state index is 10.8. The van der Waals surface area contributed by atoms with Gasteiger partial charge in [0.15, 0.2) is 0 Å². The minimum atomic E-state index is -0.467. The molecule has 0 bridgehead atoms. The molecule has 13 heavy (non-hydrogen) atoms. The first-order chi connectivity index (χ1) is 6.19. The molecule has 0 aliphatic heterocycles. The molecule has 0 aromatic heterocycles. The summed E-state index contributed by atoms with van der Waals surface area (Å²) in [7, 11) is 1.57. The zero-order valence-electron chi connectivity index (χ0n) is 7.33. The fourth-order valence-electron chi connectivity index (χ4n) is 0.958. The largest absolute Gasteiger partial charge is 0.496 e. The van der Waals surface area contributed by atoms with Gasteiger partial charge in [0.25, 0.3) is 5.24 Å². The van der Waals surface area contributed by atoms with Crippen LogP contribution in [0.3, 0.4) is 0 Å². The lowest BCUT2D eigenvalue weighted by molar-refractivity contribution is 0.108. The molecule has 0 radical (unpaired) electrons. The maximum atomic E-state index is 10.8. The van der Waals surface area contributed by atoms with Crippen molar-refractivity contribution in [2.75, 3.05) is 13.4 Å². The monoisotopic (exact) mass is 216 g/mol. The molecule has 0 atom stereocenters. The Labute approximate surface area is 86.2 Å². The third kappa shape index (κ3) is 2.39. The average molecular weight is 217 g/mol. The highest BCUT2D eigenvalue weighted by molar-refractivity contribution is 7.98. The summed E-state index contributed by atoms with van der Waals surface area (Å²) in [6.07, 6.45) is 1.94. The number of rotatable bonds is 3. The second-order valence-corrected chi connectivity index (χ2v) is 3.53. The Morgan fingerprint density at radius 2 is 2.23 bits per heavy atom. The molecule has 0 N–H and O–H groups in total. The molecular weight excluding hydrogens is 208 g/mol. The van der Waals surface area contributed by atoms with Crippen LogP contribution in [0.15, 0.2) is 23.1 Å². The van der Waals surface area contributed by atoms with Gasteiger partial charge in [-0.3, -0.25) is 4.79 Å². The predicted octanol–water partition coefficient (Wildman–Crippen LogP) is 2.80. The second-order valence-electron chi connectivity index (χ2n) is 2.34. The topological polar surface area (TPSA) is 26.3 Å². The van der Waals surface area contributed by atoms with Gasteiger partial charge in [0.1, 0.15) is 5.75 Å². The summed E-state index contributed by atoms with van der Waals surface area (Å²) in [6, 6.07) is 5.14. The standard InChI is InChI=1S/C9H9ClO2S/c1-12-7-5-6(9(10)11)3-4-8(7)13-2/h3-5H,1-2H3. The van der Waals surface area contributed by atoms with E-state index in [1.165, 1.54) is 0 Å². The summed E-state index contributed by atoms with van der Waals surface area (Å²) in [5.74, 6) is 0.680. The predicted molar refractivity (Wildman–Crippen MR) is 55.0 cm³/mol. The van der Waals surface area contributed by atoms with E-state index in [1.807, 2.05) is 12.3 Å². The lowest BCUT2D eigenvalue weighted by Gasteiger charge is -2.06. The van der Waals surface area contributed by atoms with Crippen LogP contribution in [0.5, 0.6) is 5.75 Å². The zero-order chi connectivity index (χ0) is 9.84. The zero-order valence-corrected chi connectivity index (χ0v) is 8.91. The molecule has 0 amide bonds. The van der Waals surface area contributed by atoms with E-state index in [0.29, 0.717) is 11.3 Å². The number of methoxy groups -OCH3 is 1. The van der Waals surface area contributed by atoms with Crippen LogP contribution in [0.2, 0.25) is 0 Å². The SMILES string of the molecule is COc1cc(C(=O)Cl)ccc1SC. The molecule has 0 saturated heterocycles. The Morgan fingerprint density at radius 1 is 1.54 bits per heavy atom. The van der Waals surface area contributed by atoms with Gasteiger partial charge in [-0.1, -0.05) is 0 Å². The summed E-state index contributed by atoms with van der Waals surface area (Å²) in [5, 5.41) is -0.467. The molecule has 4 heteroatoms. The van der Waals surface area contributed by atoms with Gasteiger partial charge in [-0.15, -0.1) is 11.8 Å². The number of halogens is 1. The first-order valence-corrected chi connectivity index (χ1v) is 5.21. The molecule has 1 aromatic rings. The van der Waals surface area contributed by atoms with Crippen LogP contribution in [0.1, 0.15) is 10.4 Å². The van der Waals surface area contributed by atoms with Crippen molar-refractivity contribution in [3.63, 3.8) is 0 Å². The van der Waals surface area contributed by atoms with Gasteiger partial charge in [-0.25, -0.2) is 0 Å². The second kappa shape index (κ2) is 4.53. The highest BCUT2D eigenvalue weighted by atomic mass is 35.5. The minimum Gasteiger partial charge on any atom is -0.496 e. The van der Waals surface area contributed by atoms with E-state index in [0.717, 1.165) is 4.90 Å². The third-order valence-electron chi connectivity index (χ3n) is 1.61. The van der Waals surface area contributed by atoms with Crippen LogP contribution >= 0.6 is 23.4 Å². The molecule has 0 aliphatic carbocycles. The van der Waals surface area contributed by atoms with Crippen LogP contribution in [0.25, 0.3) is 0 Å². The number of carbonyl (C=O) groups excluding carboxylic acids is 1. The number of hydrogen-bond donors (Lipinski definition) is 0. The van der Waals surface area contributed by atoms with Crippen molar-refractivity contribution in [1.82, 2.24) is 0 Å². The van der Waals surface area contributed by atoms with Crippen LogP contribution in [-0.4, -0.2) is 18.6 Å². The lowest BCUT2D eigenvalue weighted by atomic mass is 10.2. The maximum Gasteiger partial charge on any atom is 0.252 e. The third-order valence-corrected chi connectivity index (χ3v) is 2.61. The molecule has 70 valence electrons. The van der Waals surface area contributed by atoms with Crippen molar-refractivity contribution in [2.45, 2.75) is 4.90 Å². The summed E-state index contributed by atoms with van der Waals surface area (Å²) >= 11 is 6.89. The lowest BCUT2D eigenvalue weighted by Crippen LogP contribution is -1.92. The summed E-state index contributed by atoms with van der Waals surface area (Å²) in [4.78, 5) is 11.8. The molecule has 0 heterocycles. The first-order valence-electron chi connectivity index (χ1n) is 3.61. The van der Waals surface area contributed by atoms with Crippen molar-refractivity contribution in [2.24, 2.45) is 0 Å². The van der Waals surface area contributed by atoms with E-state index < -0.39 is 5.24 Å². The normalized spacial score (nSPS) is 9.77. The molecule has 0 fully saturated rings. The number of thioether (sulfide) groups is 1. The van der Waals surface area contributed by atoms with Gasteiger partial charge in [-0.05, 0) is 36.1 Å². The van der Waals surface area contributed by atoms with Crippen LogP contribution < -0.4 is 4.74 Å². The van der Waals surface area contributed by atoms with Gasteiger partial charge in [0.2, 0.25) is 0 Å². The van der Waals surface area contributed by atoms with E-state index >= 15 is 0 Å². The van der Waals surface area contributed by atoms with Gasteiger partial charge in [-0.2, -0.15) is 0 Å². The van der Waals surface area contributed by atoms with Gasteiger partial charge in [0, 0.05) is 10.5 Å². The van der Waals surface area contributed by atoms with Crippen molar-refractivity contribution >= 4 is 28.6 Å². The highest BCUT2D eigenvalue weighted by Gasteiger charge is 2.06. The Balaban J connectivity index is 3.13. The van der Waals surface area contributed by atoms with E-state index in [4.69, 9.17) is 16.3 Å². The Morgan fingerprint density at radius 3 is 2.69 bits per heavy atom. The van der Waals surface area contributed by atoms with Crippen LogP contribution in [-0.2, 0) is 0 Å². The number of hydrogen-bond acceptors (Lipinski definition) is 3. The van der Waals surface area contributed by atoms with Gasteiger partial charge >= 0.3 is 0 Å². The summed E-state index contributed by atoms with van der Waals surface area (Å²) in [5.41, 5.74) is 0.455. The average Bonchev–Trinajstić information content (AvgIpc) is 2.16. The fourth-order valence-corrected chi connectivity index (χ4v) is 1.62. The summed E-state index contributed by atoms with van der Waals surface area (Å²) in [6.45, 7) is 0. The smallest absolute Gasteiger partial charge is 0.252 e. The van der Waals surface area contributed by atoms with Crippen molar-refractivity contribution < 1.29 is 9.53 Å². The van der Waals surface area contributed by atoms with E-state index in [9.17, 15) is 4.79 Å². The summed E-state index contributed by atoms with van der Waals surface area (Å²) < 4.78 is 5.10. The number of ether oxygens (including phenoxy) is 1. The molecule has 0 spiro atoms. The van der Waals surface area contributed by atoms with Gasteiger partial charge < -0.3 is 4.74 Å². The molecule has 0 saturated carbocycles.